The molecule has 6 nitrogen and oxygen atoms in total. The van der Waals surface area contributed by atoms with Gasteiger partial charge >= 0.3 is 0 Å². The van der Waals surface area contributed by atoms with Crippen LogP contribution in [-0.4, -0.2) is 21.6 Å². The first-order chi connectivity index (χ1) is 11.5. The summed E-state index contributed by atoms with van der Waals surface area (Å²) in [5.74, 6) is 1.41. The van der Waals surface area contributed by atoms with E-state index in [1.165, 1.54) is 0 Å². The molecule has 3 rings (SSSR count). The molecule has 0 bridgehead atoms. The number of azo groups is 1. The van der Waals surface area contributed by atoms with Crippen LogP contribution in [0.2, 0.25) is 5.02 Å². The zero-order valence-electron chi connectivity index (χ0n) is 13.6. The predicted molar refractivity (Wildman–Crippen MR) is 93.1 cm³/mol. The molecule has 124 valence electrons. The summed E-state index contributed by atoms with van der Waals surface area (Å²) < 4.78 is 6.85. The number of methoxy groups -OCH3 is 1. The molecule has 24 heavy (non-hydrogen) atoms. The van der Waals surface area contributed by atoms with E-state index in [0.717, 1.165) is 5.69 Å². The molecule has 7 heteroatoms. The minimum Gasteiger partial charge on any atom is -0.504 e. The van der Waals surface area contributed by atoms with Crippen molar-refractivity contribution in [2.45, 2.75) is 19.8 Å². The highest BCUT2D eigenvalue weighted by atomic mass is 35.5. The zero-order chi connectivity index (χ0) is 17.3. The van der Waals surface area contributed by atoms with Crippen molar-refractivity contribution in [1.29, 1.82) is 0 Å². The van der Waals surface area contributed by atoms with E-state index in [2.05, 4.69) is 15.2 Å². The first-order valence-electron chi connectivity index (χ1n) is 7.46. The number of rotatable bonds is 4. The minimum absolute atomic E-state index is 0.105. The Balaban J connectivity index is 2.07. The van der Waals surface area contributed by atoms with Crippen molar-refractivity contribution in [1.82, 2.24) is 9.38 Å². The van der Waals surface area contributed by atoms with Crippen LogP contribution < -0.4 is 4.74 Å². The predicted octanol–water partition coefficient (Wildman–Crippen LogP) is 5.24. The third-order valence-corrected chi connectivity index (χ3v) is 3.87. The molecule has 2 aromatic heterocycles. The Labute approximate surface area is 144 Å². The topological polar surface area (TPSA) is 71.5 Å². The normalized spacial score (nSPS) is 11.7. The summed E-state index contributed by atoms with van der Waals surface area (Å²) >= 11 is 6.11. The first kappa shape index (κ1) is 16.3. The van der Waals surface area contributed by atoms with Crippen LogP contribution in [0.4, 0.5) is 11.5 Å². The van der Waals surface area contributed by atoms with Gasteiger partial charge in [-0.2, -0.15) is 0 Å². The molecule has 3 aromatic rings. The molecule has 0 fully saturated rings. The fourth-order valence-corrected chi connectivity index (χ4v) is 2.62. The van der Waals surface area contributed by atoms with E-state index in [0.29, 0.717) is 27.9 Å². The van der Waals surface area contributed by atoms with Gasteiger partial charge in [0.25, 0.3) is 0 Å². The average Bonchev–Trinajstić information content (AvgIpc) is 2.93. The number of nitrogens with zero attached hydrogens (tertiary/aromatic N) is 4. The van der Waals surface area contributed by atoms with Gasteiger partial charge in [0, 0.05) is 6.20 Å². The van der Waals surface area contributed by atoms with Crippen molar-refractivity contribution >= 4 is 28.8 Å². The third-order valence-electron chi connectivity index (χ3n) is 3.57. The maximum Gasteiger partial charge on any atom is 0.183 e. The smallest absolute Gasteiger partial charge is 0.183 e. The maximum atomic E-state index is 9.98. The van der Waals surface area contributed by atoms with Crippen molar-refractivity contribution in [3.05, 3.63) is 47.2 Å². The fraction of sp³-hybridized carbons (Fsp3) is 0.235. The first-order valence-corrected chi connectivity index (χ1v) is 7.84. The maximum absolute atomic E-state index is 9.98. The van der Waals surface area contributed by atoms with Crippen LogP contribution in [0.25, 0.3) is 5.65 Å². The number of hydrogen-bond donors (Lipinski definition) is 1. The number of pyridine rings is 1. The van der Waals surface area contributed by atoms with E-state index >= 15 is 0 Å². The lowest BCUT2D eigenvalue weighted by molar-refractivity contribution is 0.415. The Morgan fingerprint density at radius 3 is 2.71 bits per heavy atom. The molecule has 0 atom stereocenters. The summed E-state index contributed by atoms with van der Waals surface area (Å²) in [6, 6.07) is 8.51. The molecule has 0 spiro atoms. The van der Waals surface area contributed by atoms with E-state index in [-0.39, 0.29) is 11.7 Å². The van der Waals surface area contributed by atoms with E-state index in [1.54, 1.807) is 48.0 Å². The largest absolute Gasteiger partial charge is 0.504 e. The summed E-state index contributed by atoms with van der Waals surface area (Å²) in [5.41, 5.74) is 1.83. The molecule has 0 saturated heterocycles. The van der Waals surface area contributed by atoms with Crippen molar-refractivity contribution in [3.8, 4) is 11.5 Å². The van der Waals surface area contributed by atoms with Gasteiger partial charge < -0.3 is 9.84 Å². The Bertz CT molecular complexity index is 918. The van der Waals surface area contributed by atoms with Gasteiger partial charge in [-0.05, 0) is 36.2 Å². The summed E-state index contributed by atoms with van der Waals surface area (Å²) in [6.07, 6.45) is 1.79. The van der Waals surface area contributed by atoms with Crippen molar-refractivity contribution in [3.63, 3.8) is 0 Å². The lowest BCUT2D eigenvalue weighted by atomic mass is 10.1. The van der Waals surface area contributed by atoms with Gasteiger partial charge in [-0.15, -0.1) is 10.2 Å². The van der Waals surface area contributed by atoms with Gasteiger partial charge in [0.1, 0.15) is 5.75 Å². The van der Waals surface area contributed by atoms with Gasteiger partial charge in [-0.3, -0.25) is 4.40 Å². The average molecular weight is 345 g/mol. The van der Waals surface area contributed by atoms with Gasteiger partial charge in [0.2, 0.25) is 0 Å². The molecule has 0 radical (unpaired) electrons. The van der Waals surface area contributed by atoms with Crippen LogP contribution in [-0.2, 0) is 0 Å². The second kappa shape index (κ2) is 6.49. The number of aromatic nitrogens is 2. The molecule has 0 amide bonds. The number of ether oxygens (including phenoxy) is 1. The zero-order valence-corrected chi connectivity index (χ0v) is 14.3. The summed E-state index contributed by atoms with van der Waals surface area (Å²) in [6.45, 7) is 4.03. The molecule has 0 aliphatic rings. The highest BCUT2D eigenvalue weighted by Crippen LogP contribution is 2.33. The van der Waals surface area contributed by atoms with Crippen molar-refractivity contribution in [2.75, 3.05) is 7.11 Å². The van der Waals surface area contributed by atoms with Crippen molar-refractivity contribution in [2.24, 2.45) is 10.2 Å². The van der Waals surface area contributed by atoms with E-state index in [4.69, 9.17) is 16.3 Å². The fourth-order valence-electron chi connectivity index (χ4n) is 2.37. The molecule has 1 aromatic carbocycles. The lowest BCUT2D eigenvalue weighted by Gasteiger charge is -2.03. The highest BCUT2D eigenvalue weighted by molar-refractivity contribution is 6.32. The Morgan fingerprint density at radius 1 is 1.25 bits per heavy atom. The summed E-state index contributed by atoms with van der Waals surface area (Å²) in [4.78, 5) is 4.48. The van der Waals surface area contributed by atoms with Crippen LogP contribution in [0, 0.1) is 0 Å². The number of imidazole rings is 1. The molecule has 0 aliphatic carbocycles. The van der Waals surface area contributed by atoms with E-state index in [9.17, 15) is 5.11 Å². The molecule has 2 heterocycles. The lowest BCUT2D eigenvalue weighted by Crippen LogP contribution is -1.87. The Hall–Kier alpha value is -2.60. The standard InChI is InChI=1S/C17H17ClN4O2/c1-10(2)15-17(22-8-4-5-13(23)16(22)19-15)21-20-11-6-7-14(24-3)12(18)9-11/h4-10,23H,1-3H3. The second-order valence-corrected chi connectivity index (χ2v) is 5.99. The number of aromatic hydroxyl groups is 1. The monoisotopic (exact) mass is 344 g/mol. The summed E-state index contributed by atoms with van der Waals surface area (Å²) in [7, 11) is 1.56. The van der Waals surface area contributed by atoms with Gasteiger partial charge in [0.15, 0.2) is 17.2 Å². The van der Waals surface area contributed by atoms with Gasteiger partial charge in [-0.1, -0.05) is 25.4 Å². The van der Waals surface area contributed by atoms with E-state index < -0.39 is 0 Å². The van der Waals surface area contributed by atoms with Crippen LogP contribution in [0.1, 0.15) is 25.5 Å². The molecular weight excluding hydrogens is 328 g/mol. The number of halogens is 1. The Kier molecular flexibility index (Phi) is 4.40. The van der Waals surface area contributed by atoms with Crippen LogP contribution in [0.15, 0.2) is 46.8 Å². The number of benzene rings is 1. The van der Waals surface area contributed by atoms with Gasteiger partial charge in [-0.25, -0.2) is 4.98 Å². The number of fused-ring (bicyclic) bond motifs is 1. The SMILES string of the molecule is COc1ccc(N=Nc2c(C(C)C)nc3c(O)cccn23)cc1Cl. The molecule has 0 unspecified atom stereocenters. The molecule has 0 aliphatic heterocycles. The van der Waals surface area contributed by atoms with Crippen LogP contribution in [0.3, 0.4) is 0 Å². The molecule has 1 N–H and O–H groups in total. The van der Waals surface area contributed by atoms with Crippen LogP contribution >= 0.6 is 11.6 Å². The molecular formula is C17H17ClN4O2. The minimum atomic E-state index is 0.105. The number of hydrogen-bond acceptors (Lipinski definition) is 5. The van der Waals surface area contributed by atoms with Gasteiger partial charge in [0.05, 0.1) is 23.5 Å². The summed E-state index contributed by atoms with van der Waals surface area (Å²) in [5, 5.41) is 19.0. The van der Waals surface area contributed by atoms with Crippen molar-refractivity contribution < 1.29 is 9.84 Å². The molecule has 0 saturated carbocycles. The van der Waals surface area contributed by atoms with Crippen LogP contribution in [0.5, 0.6) is 11.5 Å². The third kappa shape index (κ3) is 2.92. The second-order valence-electron chi connectivity index (χ2n) is 5.58. The van der Waals surface area contributed by atoms with E-state index in [1.807, 2.05) is 13.8 Å². The Morgan fingerprint density at radius 2 is 2.04 bits per heavy atom. The highest BCUT2D eigenvalue weighted by Gasteiger charge is 2.17. The quantitative estimate of drug-likeness (QED) is 0.658.